The third kappa shape index (κ3) is 13.5. The Morgan fingerprint density at radius 3 is 1.72 bits per heavy atom. The van der Waals surface area contributed by atoms with Gasteiger partial charge in [-0.05, 0) is 55.7 Å². The topological polar surface area (TPSA) is 133 Å². The van der Waals surface area contributed by atoms with Gasteiger partial charge in [0, 0.05) is 37.4 Å². The van der Waals surface area contributed by atoms with E-state index in [0.29, 0.717) is 57.3 Å². The van der Waals surface area contributed by atoms with Crippen LogP contribution in [0.2, 0.25) is 0 Å². The smallest absolute Gasteiger partial charge is 0.251 e. The molecule has 0 aromatic heterocycles. The molecule has 2 amide bonds. The summed E-state index contributed by atoms with van der Waals surface area (Å²) in [5.74, 6) is -1.16. The van der Waals surface area contributed by atoms with Crippen LogP contribution in [0.25, 0.3) is 0 Å². The highest BCUT2D eigenvalue weighted by atomic mass is 18.2. The maximum atomic E-state index is 13.1. The van der Waals surface area contributed by atoms with Gasteiger partial charge in [-0.1, -0.05) is 19.9 Å². The number of nitrogens with one attached hydrogen (secondary N) is 2. The summed E-state index contributed by atoms with van der Waals surface area (Å²) in [6.07, 6.45) is 1.93. The predicted octanol–water partition coefficient (Wildman–Crippen LogP) is 3.89. The fraction of sp³-hybridized carbons (Fsp3) is 0.448. The average Bonchev–Trinajstić information content (AvgIpc) is 2.95. The van der Waals surface area contributed by atoms with Gasteiger partial charge in [0.05, 0.1) is 43.6 Å². The van der Waals surface area contributed by atoms with Crippen molar-refractivity contribution in [1.29, 1.82) is 10.5 Å². The number of rotatable bonds is 15. The van der Waals surface area contributed by atoms with Crippen LogP contribution < -0.4 is 10.6 Å². The van der Waals surface area contributed by atoms with Gasteiger partial charge in [0.2, 0.25) is 0 Å². The Balaban J connectivity index is 0.000000395. The van der Waals surface area contributed by atoms with Crippen molar-refractivity contribution in [1.82, 2.24) is 10.6 Å². The standard InChI is InChI=1S/C16H22N2O3.C13H15FN2O2/c1-3-7-20-9-10-21-8-6-18-16(19)14-5-4-13(2)15(11-14)12-17;1-2-6-18-7-5-16-13(17)10-3-4-12(14)11(8-10)9-15/h4-5,11H,3,6-10H2,1-2H3,(H,18,19);3-4,8H,2,5-7H2,1H3,(H,16,17)/i;14-1. The summed E-state index contributed by atoms with van der Waals surface area (Å²) in [5.41, 5.74) is 2.01. The highest BCUT2D eigenvalue weighted by molar-refractivity contribution is 5.95. The zero-order valence-electron chi connectivity index (χ0n) is 22.8. The van der Waals surface area contributed by atoms with Crippen LogP contribution in [0.4, 0.5) is 4.39 Å². The van der Waals surface area contributed by atoms with E-state index in [-0.39, 0.29) is 22.9 Å². The number of amides is 2. The second-order valence-corrected chi connectivity index (χ2v) is 8.30. The number of hydrogen-bond donors (Lipinski definition) is 2. The molecule has 10 heteroatoms. The van der Waals surface area contributed by atoms with Crippen molar-refractivity contribution in [2.24, 2.45) is 0 Å². The van der Waals surface area contributed by atoms with Gasteiger partial charge in [-0.15, -0.1) is 0 Å². The van der Waals surface area contributed by atoms with Crippen molar-refractivity contribution in [3.63, 3.8) is 0 Å². The molecule has 2 N–H and O–H groups in total. The van der Waals surface area contributed by atoms with E-state index in [9.17, 15) is 14.0 Å². The SMILES string of the molecule is CCCOCCNC(=O)c1ccc([18F])c(C#N)c1.CCCOCCOCCNC(=O)c1ccc(C)c(C#N)c1. The number of halogens is 1. The molecule has 0 fully saturated rings. The second kappa shape index (κ2) is 20.2. The monoisotopic (exact) mass is 539 g/mol. The minimum Gasteiger partial charge on any atom is -0.380 e. The van der Waals surface area contributed by atoms with Gasteiger partial charge in [0.25, 0.3) is 11.8 Å². The highest BCUT2D eigenvalue weighted by Gasteiger charge is 2.09. The molecule has 0 unspecified atom stereocenters. The van der Waals surface area contributed by atoms with Crippen molar-refractivity contribution in [3.8, 4) is 12.1 Å². The average molecular weight is 540 g/mol. The van der Waals surface area contributed by atoms with Crippen molar-refractivity contribution in [2.45, 2.75) is 33.6 Å². The molecule has 0 saturated heterocycles. The van der Waals surface area contributed by atoms with Crippen molar-refractivity contribution in [2.75, 3.05) is 52.7 Å². The van der Waals surface area contributed by atoms with Crippen molar-refractivity contribution in [3.05, 3.63) is 70.0 Å². The van der Waals surface area contributed by atoms with E-state index in [1.807, 2.05) is 13.8 Å². The summed E-state index contributed by atoms with van der Waals surface area (Å²) in [7, 11) is 0. The van der Waals surface area contributed by atoms with Crippen LogP contribution >= 0.6 is 0 Å². The van der Waals surface area contributed by atoms with Gasteiger partial charge in [-0.2, -0.15) is 10.5 Å². The number of aryl methyl sites for hydroxylation is 1. The highest BCUT2D eigenvalue weighted by Crippen LogP contribution is 2.10. The molecule has 0 saturated carbocycles. The lowest BCUT2D eigenvalue weighted by atomic mass is 10.1. The molecule has 0 aliphatic carbocycles. The molecule has 9 nitrogen and oxygen atoms in total. The van der Waals surface area contributed by atoms with Crippen LogP contribution in [-0.2, 0) is 14.2 Å². The van der Waals surface area contributed by atoms with Crippen LogP contribution in [0, 0.1) is 35.4 Å². The van der Waals surface area contributed by atoms with Crippen LogP contribution in [0.1, 0.15) is 64.1 Å². The molecule has 0 heterocycles. The quantitative estimate of drug-likeness (QED) is 0.328. The molecule has 0 aliphatic heterocycles. The number of hydrogen-bond acceptors (Lipinski definition) is 7. The molecular weight excluding hydrogens is 502 g/mol. The van der Waals surface area contributed by atoms with E-state index in [1.165, 1.54) is 12.1 Å². The van der Waals surface area contributed by atoms with Crippen LogP contribution in [-0.4, -0.2) is 64.5 Å². The minimum atomic E-state index is -0.625. The van der Waals surface area contributed by atoms with Crippen molar-refractivity contribution < 1.29 is 28.2 Å². The van der Waals surface area contributed by atoms with Gasteiger partial charge in [0.15, 0.2) is 0 Å². The van der Waals surface area contributed by atoms with E-state index in [2.05, 4.69) is 23.6 Å². The first-order valence-corrected chi connectivity index (χ1v) is 12.9. The molecule has 2 rings (SSSR count). The van der Waals surface area contributed by atoms with E-state index in [0.717, 1.165) is 31.1 Å². The van der Waals surface area contributed by atoms with E-state index < -0.39 is 5.82 Å². The Kier molecular flexibility index (Phi) is 17.2. The molecule has 210 valence electrons. The van der Waals surface area contributed by atoms with Gasteiger partial charge < -0.3 is 24.8 Å². The number of carbonyl (C=O) groups excluding carboxylic acids is 2. The fourth-order valence-electron chi connectivity index (χ4n) is 3.03. The van der Waals surface area contributed by atoms with Gasteiger partial charge in [-0.3, -0.25) is 9.59 Å². The molecule has 39 heavy (non-hydrogen) atoms. The Hall–Kier alpha value is -3.83. The molecule has 0 atom stereocenters. The third-order valence-electron chi connectivity index (χ3n) is 5.10. The number of ether oxygens (including phenoxy) is 3. The summed E-state index contributed by atoms with van der Waals surface area (Å²) in [6, 6.07) is 12.5. The summed E-state index contributed by atoms with van der Waals surface area (Å²) in [6.45, 7) is 10.1. The normalized spacial score (nSPS) is 10.0. The van der Waals surface area contributed by atoms with Crippen LogP contribution in [0.15, 0.2) is 36.4 Å². The van der Waals surface area contributed by atoms with Crippen LogP contribution in [0.3, 0.4) is 0 Å². The largest absolute Gasteiger partial charge is 0.380 e. The molecule has 0 bridgehead atoms. The van der Waals surface area contributed by atoms with E-state index in [4.69, 9.17) is 24.7 Å². The van der Waals surface area contributed by atoms with Gasteiger partial charge in [0.1, 0.15) is 11.9 Å². The fourth-order valence-corrected chi connectivity index (χ4v) is 3.03. The molecule has 0 radical (unpaired) electrons. The van der Waals surface area contributed by atoms with E-state index >= 15 is 0 Å². The first-order valence-electron chi connectivity index (χ1n) is 12.9. The van der Waals surface area contributed by atoms with Crippen LogP contribution in [0.5, 0.6) is 0 Å². The number of nitrogens with zero attached hydrogens (tertiary/aromatic N) is 2. The third-order valence-corrected chi connectivity index (χ3v) is 5.10. The molecule has 0 spiro atoms. The maximum absolute atomic E-state index is 13.1. The Morgan fingerprint density at radius 1 is 0.744 bits per heavy atom. The molecular formula is C29H37FN4O5. The lowest BCUT2D eigenvalue weighted by Crippen LogP contribution is -2.27. The summed E-state index contributed by atoms with van der Waals surface area (Å²) < 4.78 is 28.9. The molecule has 0 aliphatic rings. The summed E-state index contributed by atoms with van der Waals surface area (Å²) >= 11 is 0. The van der Waals surface area contributed by atoms with Gasteiger partial charge in [-0.25, -0.2) is 4.39 Å². The number of nitriles is 2. The lowest BCUT2D eigenvalue weighted by Gasteiger charge is -2.07. The van der Waals surface area contributed by atoms with Gasteiger partial charge >= 0.3 is 0 Å². The van der Waals surface area contributed by atoms with E-state index in [1.54, 1.807) is 24.3 Å². The molecule has 2 aromatic rings. The number of carbonyl (C=O) groups is 2. The predicted molar refractivity (Wildman–Crippen MR) is 145 cm³/mol. The zero-order chi connectivity index (χ0) is 28.9. The first kappa shape index (κ1) is 33.2. The summed E-state index contributed by atoms with van der Waals surface area (Å²) in [5, 5.41) is 23.0. The summed E-state index contributed by atoms with van der Waals surface area (Å²) in [4.78, 5) is 23.6. The molecule has 2 aromatic carbocycles. The first-order chi connectivity index (χ1) is 18.9. The zero-order valence-corrected chi connectivity index (χ0v) is 22.8. The number of benzene rings is 2. The lowest BCUT2D eigenvalue weighted by molar-refractivity contribution is 0.0485. The second-order valence-electron chi connectivity index (χ2n) is 8.30. The Labute approximate surface area is 229 Å². The maximum Gasteiger partial charge on any atom is 0.251 e. The Morgan fingerprint density at radius 2 is 1.21 bits per heavy atom. The Bertz CT molecular complexity index is 1130. The van der Waals surface area contributed by atoms with Crippen molar-refractivity contribution >= 4 is 11.8 Å². The minimum absolute atomic E-state index is 0.134.